The quantitative estimate of drug-likeness (QED) is 0.592. The minimum atomic E-state index is -4.72. The lowest BCUT2D eigenvalue weighted by Gasteiger charge is -2.17. The van der Waals surface area contributed by atoms with Crippen molar-refractivity contribution in [3.8, 4) is 5.75 Å². The third kappa shape index (κ3) is 4.45. The number of imidazole rings is 1. The number of aromatic nitrogens is 2. The second kappa shape index (κ2) is 7.58. The van der Waals surface area contributed by atoms with Crippen LogP contribution in [0.2, 0.25) is 0 Å². The Bertz CT molecular complexity index is 1200. The highest BCUT2D eigenvalue weighted by Gasteiger charge is 2.31. The highest BCUT2D eigenvalue weighted by Crippen LogP contribution is 2.30. The van der Waals surface area contributed by atoms with E-state index in [0.29, 0.717) is 28.7 Å². The first-order chi connectivity index (χ1) is 14.3. The van der Waals surface area contributed by atoms with Crippen molar-refractivity contribution in [2.45, 2.75) is 18.7 Å². The lowest BCUT2D eigenvalue weighted by Crippen LogP contribution is -2.17. The smallest absolute Gasteiger partial charge is 0.406 e. The number of allylic oxidation sites excluding steroid dienone is 2. The highest BCUT2D eigenvalue weighted by molar-refractivity contribution is 6.06. The first-order valence-electron chi connectivity index (χ1n) is 9.04. The largest absolute Gasteiger partial charge is 0.573 e. The average Bonchev–Trinajstić information content (AvgIpc) is 3.07. The summed E-state index contributed by atoms with van der Waals surface area (Å²) < 4.78 is 40.6. The van der Waals surface area contributed by atoms with E-state index in [9.17, 15) is 22.8 Å². The van der Waals surface area contributed by atoms with E-state index in [1.54, 1.807) is 42.5 Å². The normalized spacial score (nSPS) is 16.4. The minimum absolute atomic E-state index is 0.0530. The number of anilines is 1. The molecule has 0 saturated carbocycles. The molecule has 1 unspecified atom stereocenters. The molecular weight excluding hydrogens is 399 g/mol. The van der Waals surface area contributed by atoms with Crippen molar-refractivity contribution in [3.05, 3.63) is 82.3 Å². The average molecular weight is 415 g/mol. The molecule has 0 fully saturated rings. The van der Waals surface area contributed by atoms with Crippen LogP contribution >= 0.6 is 0 Å². The summed E-state index contributed by atoms with van der Waals surface area (Å²) in [5, 5.41) is 2.78. The Hall–Kier alpha value is -3.75. The molecule has 1 aromatic heterocycles. The molecule has 2 aromatic carbocycles. The van der Waals surface area contributed by atoms with Crippen LogP contribution < -0.4 is 15.7 Å². The summed E-state index contributed by atoms with van der Waals surface area (Å²) in [5.74, 6) is -0.624. The molecule has 0 spiro atoms. The maximum Gasteiger partial charge on any atom is 0.573 e. The van der Waals surface area contributed by atoms with Gasteiger partial charge in [-0.05, 0) is 42.3 Å². The summed E-state index contributed by atoms with van der Waals surface area (Å²) in [5.41, 5.74) is 2.74. The number of benzene rings is 2. The Morgan fingerprint density at radius 2 is 1.80 bits per heavy atom. The van der Waals surface area contributed by atoms with Crippen LogP contribution in [0.1, 0.15) is 17.9 Å². The van der Waals surface area contributed by atoms with Gasteiger partial charge in [-0.25, -0.2) is 4.79 Å². The van der Waals surface area contributed by atoms with E-state index >= 15 is 0 Å². The molecule has 1 heterocycles. The van der Waals surface area contributed by atoms with Gasteiger partial charge in [-0.2, -0.15) is 0 Å². The highest BCUT2D eigenvalue weighted by atomic mass is 19.4. The lowest BCUT2D eigenvalue weighted by atomic mass is 9.90. The van der Waals surface area contributed by atoms with Gasteiger partial charge in [-0.1, -0.05) is 30.4 Å². The molecule has 1 aliphatic carbocycles. The van der Waals surface area contributed by atoms with Crippen LogP contribution in [-0.4, -0.2) is 22.2 Å². The van der Waals surface area contributed by atoms with Gasteiger partial charge in [0.05, 0.1) is 11.0 Å². The number of fused-ring (bicyclic) bond motifs is 1. The van der Waals surface area contributed by atoms with Crippen LogP contribution in [0.15, 0.2) is 71.1 Å². The molecule has 0 radical (unpaired) electrons. The number of nitrogens with one attached hydrogen (secondary N) is 3. The van der Waals surface area contributed by atoms with Gasteiger partial charge in [0.25, 0.3) is 5.91 Å². The molecule has 4 rings (SSSR count). The zero-order valence-electron chi connectivity index (χ0n) is 15.4. The van der Waals surface area contributed by atoms with E-state index in [0.717, 1.165) is 5.56 Å². The molecule has 1 amide bonds. The van der Waals surface area contributed by atoms with Crippen LogP contribution in [-0.2, 0) is 4.79 Å². The number of halogens is 3. The van der Waals surface area contributed by atoms with Crippen molar-refractivity contribution < 1.29 is 22.7 Å². The summed E-state index contributed by atoms with van der Waals surface area (Å²) in [6.07, 6.45) is 1.10. The molecule has 0 aliphatic heterocycles. The molecule has 9 heteroatoms. The fraction of sp³-hybridized carbons (Fsp3) is 0.143. The summed E-state index contributed by atoms with van der Waals surface area (Å²) in [6, 6.07) is 10.7. The Balaban J connectivity index is 1.39. The van der Waals surface area contributed by atoms with Crippen molar-refractivity contribution >= 4 is 22.6 Å². The van der Waals surface area contributed by atoms with E-state index in [1.165, 1.54) is 12.1 Å². The molecule has 154 valence electrons. The monoisotopic (exact) mass is 415 g/mol. The summed E-state index contributed by atoms with van der Waals surface area (Å²) in [4.78, 5) is 29.1. The first kappa shape index (κ1) is 19.6. The molecule has 3 aromatic rings. The summed E-state index contributed by atoms with van der Waals surface area (Å²) in [7, 11) is 0. The van der Waals surface area contributed by atoms with Crippen LogP contribution in [0.4, 0.5) is 18.9 Å². The zero-order chi connectivity index (χ0) is 21.3. The van der Waals surface area contributed by atoms with Gasteiger partial charge in [0.1, 0.15) is 5.75 Å². The van der Waals surface area contributed by atoms with Crippen LogP contribution in [0, 0.1) is 0 Å². The van der Waals surface area contributed by atoms with Gasteiger partial charge in [0.2, 0.25) is 0 Å². The number of amides is 1. The third-order valence-electron chi connectivity index (χ3n) is 4.68. The van der Waals surface area contributed by atoms with Crippen molar-refractivity contribution in [2.24, 2.45) is 0 Å². The number of hydrogen-bond acceptors (Lipinski definition) is 3. The van der Waals surface area contributed by atoms with Gasteiger partial charge >= 0.3 is 12.1 Å². The maximum atomic E-state index is 12.5. The van der Waals surface area contributed by atoms with Crippen molar-refractivity contribution in [3.63, 3.8) is 0 Å². The number of aromatic amines is 2. The zero-order valence-corrected chi connectivity index (χ0v) is 15.4. The van der Waals surface area contributed by atoms with Gasteiger partial charge in [-0.3, -0.25) is 4.79 Å². The molecule has 3 N–H and O–H groups in total. The first-order valence-corrected chi connectivity index (χ1v) is 9.04. The number of alkyl halides is 3. The Morgan fingerprint density at radius 1 is 1.07 bits per heavy atom. The minimum Gasteiger partial charge on any atom is -0.406 e. The number of H-pyrrole nitrogens is 2. The van der Waals surface area contributed by atoms with Crippen LogP contribution in [0.25, 0.3) is 11.0 Å². The predicted octanol–water partition coefficient (Wildman–Crippen LogP) is 4.36. The van der Waals surface area contributed by atoms with Crippen molar-refractivity contribution in [2.75, 3.05) is 5.32 Å². The van der Waals surface area contributed by atoms with Gasteiger partial charge in [0, 0.05) is 17.2 Å². The van der Waals surface area contributed by atoms with Crippen LogP contribution in [0.3, 0.4) is 0 Å². The van der Waals surface area contributed by atoms with E-state index in [1.807, 2.05) is 6.08 Å². The molecule has 0 bridgehead atoms. The third-order valence-corrected chi connectivity index (χ3v) is 4.68. The fourth-order valence-corrected chi connectivity index (χ4v) is 3.27. The molecule has 30 heavy (non-hydrogen) atoms. The molecule has 1 atom stereocenters. The summed E-state index contributed by atoms with van der Waals surface area (Å²) >= 11 is 0. The summed E-state index contributed by atoms with van der Waals surface area (Å²) in [6.45, 7) is 0. The molecule has 6 nitrogen and oxygen atoms in total. The van der Waals surface area contributed by atoms with E-state index < -0.39 is 6.36 Å². The van der Waals surface area contributed by atoms with E-state index in [4.69, 9.17) is 0 Å². The maximum absolute atomic E-state index is 12.5. The molecule has 0 saturated heterocycles. The topological polar surface area (TPSA) is 87.0 Å². The second-order valence-electron chi connectivity index (χ2n) is 6.77. The molecular formula is C21H16F3N3O3. The fourth-order valence-electron chi connectivity index (χ4n) is 3.27. The molecule has 1 aliphatic rings. The Labute approximate surface area is 168 Å². The number of carbonyl (C=O) groups is 1. The van der Waals surface area contributed by atoms with Gasteiger partial charge < -0.3 is 20.0 Å². The Morgan fingerprint density at radius 3 is 2.47 bits per heavy atom. The number of ether oxygens (including phenoxy) is 1. The van der Waals surface area contributed by atoms with Gasteiger partial charge in [0.15, 0.2) is 0 Å². The van der Waals surface area contributed by atoms with E-state index in [-0.39, 0.29) is 23.3 Å². The van der Waals surface area contributed by atoms with E-state index in [2.05, 4.69) is 20.0 Å². The van der Waals surface area contributed by atoms with Gasteiger partial charge in [-0.15, -0.1) is 13.2 Å². The SMILES string of the molecule is O=C(Nc1ccc2[nH]c(=O)[nH]c2c1)C1=CCC(c2ccc(OC(F)(F)F)cc2)C=C1. The lowest BCUT2D eigenvalue weighted by molar-refractivity contribution is -0.274. The Kier molecular flexibility index (Phi) is 4.94. The van der Waals surface area contributed by atoms with Crippen molar-refractivity contribution in [1.82, 2.24) is 9.97 Å². The number of hydrogen-bond donors (Lipinski definition) is 3. The standard InChI is InChI=1S/C21H16F3N3O3/c22-21(23,24)30-16-8-5-13(6-9-16)12-1-3-14(4-2-12)19(28)25-15-7-10-17-18(11-15)27-20(29)26-17/h1,3-12H,2H2,(H,25,28)(H2,26,27,29). The van der Waals surface area contributed by atoms with Crippen LogP contribution in [0.5, 0.6) is 5.75 Å². The number of carbonyl (C=O) groups excluding carboxylic acids is 1. The van der Waals surface area contributed by atoms with Crippen molar-refractivity contribution in [1.29, 1.82) is 0 Å². The second-order valence-corrected chi connectivity index (χ2v) is 6.77. The predicted molar refractivity (Wildman–Crippen MR) is 105 cm³/mol. The number of rotatable bonds is 4.